The number of anilines is 1. The Hall–Kier alpha value is -1.92. The van der Waals surface area contributed by atoms with Crippen molar-refractivity contribution in [3.8, 4) is 5.75 Å². The first kappa shape index (κ1) is 16.9. The zero-order valence-corrected chi connectivity index (χ0v) is 15.1. The Morgan fingerprint density at radius 3 is 3.00 bits per heavy atom. The molecule has 2 heterocycles. The number of amides is 1. The van der Waals surface area contributed by atoms with Gasteiger partial charge in [-0.25, -0.2) is 4.98 Å². The maximum absolute atomic E-state index is 11.8. The molecular weight excluding hydrogens is 322 g/mol. The third kappa shape index (κ3) is 3.60. The average Bonchev–Trinajstić information content (AvgIpc) is 2.99. The number of fused-ring (bicyclic) bond motifs is 1. The van der Waals surface area contributed by atoms with E-state index < -0.39 is 6.10 Å². The Labute approximate surface area is 146 Å². The molecule has 0 bridgehead atoms. The van der Waals surface area contributed by atoms with E-state index in [0.717, 1.165) is 35.7 Å². The Morgan fingerprint density at radius 2 is 2.29 bits per heavy atom. The molecule has 6 heteroatoms. The predicted octanol–water partition coefficient (Wildman–Crippen LogP) is 3.45. The van der Waals surface area contributed by atoms with Crippen molar-refractivity contribution in [2.24, 2.45) is 0 Å². The van der Waals surface area contributed by atoms with Crippen molar-refractivity contribution in [2.45, 2.75) is 45.8 Å². The molecule has 0 fully saturated rings. The predicted molar refractivity (Wildman–Crippen MR) is 96.8 cm³/mol. The number of hydrogen-bond donors (Lipinski definition) is 2. The normalized spacial score (nSPS) is 17.8. The molecule has 1 aliphatic rings. The van der Waals surface area contributed by atoms with Gasteiger partial charge >= 0.3 is 0 Å². The van der Waals surface area contributed by atoms with Crippen LogP contribution in [0.25, 0.3) is 0 Å². The minimum Gasteiger partial charge on any atom is -0.478 e. The first-order chi connectivity index (χ1) is 11.6. The number of aryl methyl sites for hydroxylation is 1. The largest absolute Gasteiger partial charge is 0.478 e. The number of thiazole rings is 1. The van der Waals surface area contributed by atoms with Crippen LogP contribution in [0.4, 0.5) is 5.69 Å². The van der Waals surface area contributed by atoms with E-state index in [1.165, 1.54) is 4.88 Å². The van der Waals surface area contributed by atoms with Crippen molar-refractivity contribution < 1.29 is 9.53 Å². The minimum absolute atomic E-state index is 0.0659. The summed E-state index contributed by atoms with van der Waals surface area (Å²) in [5.74, 6) is 0.690. The van der Waals surface area contributed by atoms with E-state index in [1.807, 2.05) is 30.6 Å². The molecule has 128 valence electrons. The van der Waals surface area contributed by atoms with E-state index in [4.69, 9.17) is 4.74 Å². The molecule has 0 saturated heterocycles. The SMILES string of the molecule is CC[C@@H]1Oc2cc([C@H](C)NCCc3scnc3C)ccc2NC1=O. The molecule has 0 radical (unpaired) electrons. The van der Waals surface area contributed by atoms with E-state index in [0.29, 0.717) is 6.42 Å². The van der Waals surface area contributed by atoms with E-state index in [-0.39, 0.29) is 11.9 Å². The molecule has 0 unspecified atom stereocenters. The lowest BCUT2D eigenvalue weighted by Gasteiger charge is -2.26. The number of carbonyl (C=O) groups excluding carboxylic acids is 1. The second-order valence-corrected chi connectivity index (χ2v) is 6.99. The first-order valence-electron chi connectivity index (χ1n) is 8.32. The summed E-state index contributed by atoms with van der Waals surface area (Å²) >= 11 is 1.71. The quantitative estimate of drug-likeness (QED) is 0.842. The molecule has 1 aliphatic heterocycles. The topological polar surface area (TPSA) is 63.2 Å². The van der Waals surface area contributed by atoms with Crippen LogP contribution in [0.1, 0.15) is 42.4 Å². The lowest BCUT2D eigenvalue weighted by Crippen LogP contribution is -2.36. The Kier molecular flexibility index (Phi) is 5.16. The van der Waals surface area contributed by atoms with Gasteiger partial charge in [0.15, 0.2) is 6.10 Å². The molecule has 1 aromatic heterocycles. The Balaban J connectivity index is 1.62. The summed E-state index contributed by atoms with van der Waals surface area (Å²) in [6.45, 7) is 7.04. The molecule has 0 saturated carbocycles. The van der Waals surface area contributed by atoms with Crippen molar-refractivity contribution in [3.63, 3.8) is 0 Å². The lowest BCUT2D eigenvalue weighted by molar-refractivity contribution is -0.123. The number of rotatable bonds is 6. The third-order valence-corrected chi connectivity index (χ3v) is 5.34. The highest BCUT2D eigenvalue weighted by Gasteiger charge is 2.26. The van der Waals surface area contributed by atoms with Gasteiger partial charge in [-0.3, -0.25) is 4.79 Å². The minimum atomic E-state index is -0.398. The summed E-state index contributed by atoms with van der Waals surface area (Å²) in [7, 11) is 0. The van der Waals surface area contributed by atoms with Crippen molar-refractivity contribution in [1.82, 2.24) is 10.3 Å². The average molecular weight is 345 g/mol. The highest BCUT2D eigenvalue weighted by molar-refractivity contribution is 7.09. The monoisotopic (exact) mass is 345 g/mol. The summed E-state index contributed by atoms with van der Waals surface area (Å²) in [4.78, 5) is 17.4. The molecule has 2 atom stereocenters. The summed E-state index contributed by atoms with van der Waals surface area (Å²) in [5.41, 5.74) is 4.92. The van der Waals surface area contributed by atoms with Gasteiger partial charge in [0.05, 0.1) is 16.9 Å². The second kappa shape index (κ2) is 7.32. The Morgan fingerprint density at radius 1 is 1.46 bits per heavy atom. The van der Waals surface area contributed by atoms with Gasteiger partial charge in [-0.2, -0.15) is 0 Å². The van der Waals surface area contributed by atoms with Crippen molar-refractivity contribution >= 4 is 22.9 Å². The van der Waals surface area contributed by atoms with Gasteiger partial charge in [0.2, 0.25) is 0 Å². The van der Waals surface area contributed by atoms with Crippen molar-refractivity contribution in [2.75, 3.05) is 11.9 Å². The molecular formula is C18H23N3O2S. The van der Waals surface area contributed by atoms with Gasteiger partial charge in [-0.1, -0.05) is 13.0 Å². The van der Waals surface area contributed by atoms with Crippen LogP contribution in [0.2, 0.25) is 0 Å². The van der Waals surface area contributed by atoms with Crippen LogP contribution in [0.3, 0.4) is 0 Å². The maximum Gasteiger partial charge on any atom is 0.265 e. The highest BCUT2D eigenvalue weighted by Crippen LogP contribution is 2.33. The molecule has 0 aliphatic carbocycles. The third-order valence-electron chi connectivity index (χ3n) is 4.34. The first-order valence-corrected chi connectivity index (χ1v) is 9.20. The van der Waals surface area contributed by atoms with Gasteiger partial charge in [0, 0.05) is 17.5 Å². The number of nitrogens with one attached hydrogen (secondary N) is 2. The van der Waals surface area contributed by atoms with Gasteiger partial charge in [0.25, 0.3) is 5.91 Å². The summed E-state index contributed by atoms with van der Waals surface area (Å²) in [6, 6.07) is 6.18. The lowest BCUT2D eigenvalue weighted by atomic mass is 10.1. The number of carbonyl (C=O) groups is 1. The number of benzene rings is 1. The molecule has 24 heavy (non-hydrogen) atoms. The molecule has 3 rings (SSSR count). The molecule has 1 aromatic carbocycles. The van der Waals surface area contributed by atoms with Crippen LogP contribution in [-0.2, 0) is 11.2 Å². The van der Waals surface area contributed by atoms with Gasteiger partial charge in [-0.05, 0) is 44.4 Å². The van der Waals surface area contributed by atoms with Crippen LogP contribution in [0.15, 0.2) is 23.7 Å². The number of hydrogen-bond acceptors (Lipinski definition) is 5. The van der Waals surface area contributed by atoms with Crippen LogP contribution < -0.4 is 15.4 Å². The zero-order chi connectivity index (χ0) is 17.1. The smallest absolute Gasteiger partial charge is 0.265 e. The number of nitrogens with zero attached hydrogens (tertiary/aromatic N) is 1. The van der Waals surface area contributed by atoms with Crippen LogP contribution in [-0.4, -0.2) is 23.5 Å². The van der Waals surface area contributed by atoms with Crippen LogP contribution in [0.5, 0.6) is 5.75 Å². The van der Waals surface area contributed by atoms with E-state index in [9.17, 15) is 4.79 Å². The molecule has 0 spiro atoms. The van der Waals surface area contributed by atoms with Crippen molar-refractivity contribution in [3.05, 3.63) is 39.8 Å². The van der Waals surface area contributed by atoms with Gasteiger partial charge in [-0.15, -0.1) is 11.3 Å². The summed E-state index contributed by atoms with van der Waals surface area (Å²) in [6.07, 6.45) is 1.25. The molecule has 2 N–H and O–H groups in total. The second-order valence-electron chi connectivity index (χ2n) is 6.05. The van der Waals surface area contributed by atoms with Crippen molar-refractivity contribution in [1.29, 1.82) is 0 Å². The molecule has 5 nitrogen and oxygen atoms in total. The highest BCUT2D eigenvalue weighted by atomic mass is 32.1. The Bertz CT molecular complexity index is 729. The van der Waals surface area contributed by atoms with E-state index in [1.54, 1.807) is 11.3 Å². The fourth-order valence-electron chi connectivity index (χ4n) is 2.78. The fourth-order valence-corrected chi connectivity index (χ4v) is 3.57. The van der Waals surface area contributed by atoms with Crippen LogP contribution in [0, 0.1) is 6.92 Å². The zero-order valence-electron chi connectivity index (χ0n) is 14.3. The molecule has 1 amide bonds. The maximum atomic E-state index is 11.8. The van der Waals surface area contributed by atoms with Gasteiger partial charge in [0.1, 0.15) is 5.75 Å². The number of aromatic nitrogens is 1. The fraction of sp³-hybridized carbons (Fsp3) is 0.444. The van der Waals surface area contributed by atoms with Gasteiger partial charge < -0.3 is 15.4 Å². The van der Waals surface area contributed by atoms with E-state index in [2.05, 4.69) is 29.5 Å². The molecule has 2 aromatic rings. The summed E-state index contributed by atoms with van der Waals surface area (Å²) < 4.78 is 5.82. The standard InChI is InChI=1S/C18H23N3O2S/c1-4-15-18(22)21-14-6-5-13(9-16(14)23-15)11(2)19-8-7-17-12(3)20-10-24-17/h5-6,9-11,15,19H,4,7-8H2,1-3H3,(H,21,22)/t11-,15-/m0/s1. The number of ether oxygens (including phenoxy) is 1. The summed E-state index contributed by atoms with van der Waals surface area (Å²) in [5, 5.41) is 6.45. The van der Waals surface area contributed by atoms with Crippen LogP contribution >= 0.6 is 11.3 Å². The van der Waals surface area contributed by atoms with E-state index >= 15 is 0 Å².